The Kier molecular flexibility index (Phi) is 8.63. The first-order valence-corrected chi connectivity index (χ1v) is 23.7. The van der Waals surface area contributed by atoms with E-state index >= 15 is 0 Å². The van der Waals surface area contributed by atoms with Crippen molar-refractivity contribution in [2.75, 3.05) is 4.90 Å². The zero-order valence-electron chi connectivity index (χ0n) is 37.1. The number of para-hydroxylation sites is 1. The molecular weight excluding hydrogens is 783 g/mol. The lowest BCUT2D eigenvalue weighted by molar-refractivity contribution is 0.327. The van der Waals surface area contributed by atoms with Crippen molar-refractivity contribution in [1.82, 2.24) is 0 Å². The zero-order valence-corrected chi connectivity index (χ0v) is 37.1. The average Bonchev–Trinajstić information content (AvgIpc) is 4.12. The SMILES string of the molecule is CC1(C)c2ccccc2-c2cccc(-c3cccc(N(c4ccc5c(c4)C4(CC6CCC4C6)c4ccccc4-5)c4ccccc4-c4ccccc4-c4ccccc4-c4ccccc4)c3)c21. The lowest BCUT2D eigenvalue weighted by Gasteiger charge is -2.37. The Hall–Kier alpha value is -7.22. The third-order valence-corrected chi connectivity index (χ3v) is 15.9. The molecule has 65 heavy (non-hydrogen) atoms. The summed E-state index contributed by atoms with van der Waals surface area (Å²) in [7, 11) is 0. The van der Waals surface area contributed by atoms with Crippen LogP contribution in [0.25, 0.3) is 66.8 Å². The van der Waals surface area contributed by atoms with Crippen LogP contribution in [-0.2, 0) is 10.8 Å². The van der Waals surface area contributed by atoms with Crippen molar-refractivity contribution in [2.24, 2.45) is 11.8 Å². The summed E-state index contributed by atoms with van der Waals surface area (Å²) < 4.78 is 0. The molecule has 0 saturated heterocycles. The fourth-order valence-corrected chi connectivity index (χ4v) is 13.3. The van der Waals surface area contributed by atoms with Crippen LogP contribution in [0.2, 0.25) is 0 Å². The van der Waals surface area contributed by atoms with Gasteiger partial charge in [-0.05, 0) is 145 Å². The van der Waals surface area contributed by atoms with E-state index in [1.807, 2.05) is 0 Å². The smallest absolute Gasteiger partial charge is 0.0540 e. The minimum Gasteiger partial charge on any atom is -0.310 e. The van der Waals surface area contributed by atoms with Gasteiger partial charge in [0.1, 0.15) is 0 Å². The van der Waals surface area contributed by atoms with E-state index < -0.39 is 0 Å². The van der Waals surface area contributed by atoms with Crippen molar-refractivity contribution in [3.05, 3.63) is 235 Å². The Labute approximate surface area is 383 Å². The van der Waals surface area contributed by atoms with Crippen LogP contribution in [0.15, 0.2) is 212 Å². The molecule has 0 N–H and O–H groups in total. The first kappa shape index (κ1) is 38.3. The van der Waals surface area contributed by atoms with E-state index in [1.165, 1.54) is 115 Å². The van der Waals surface area contributed by atoms with Gasteiger partial charge in [-0.1, -0.05) is 202 Å². The summed E-state index contributed by atoms with van der Waals surface area (Å²) in [6, 6.07) is 80.0. The zero-order chi connectivity index (χ0) is 43.3. The molecule has 9 aromatic rings. The van der Waals surface area contributed by atoms with Crippen molar-refractivity contribution < 1.29 is 0 Å². The van der Waals surface area contributed by atoms with E-state index in [1.54, 1.807) is 5.56 Å². The maximum Gasteiger partial charge on any atom is 0.0540 e. The highest BCUT2D eigenvalue weighted by Crippen LogP contribution is 2.66. The molecule has 4 aliphatic carbocycles. The largest absolute Gasteiger partial charge is 0.310 e. The quantitative estimate of drug-likeness (QED) is 0.155. The minimum absolute atomic E-state index is 0.0663. The molecule has 4 aliphatic rings. The second-order valence-corrected chi connectivity index (χ2v) is 19.6. The summed E-state index contributed by atoms with van der Waals surface area (Å²) in [5.41, 5.74) is 24.7. The number of benzene rings is 9. The van der Waals surface area contributed by atoms with E-state index in [-0.39, 0.29) is 10.8 Å². The van der Waals surface area contributed by atoms with Gasteiger partial charge in [0, 0.05) is 27.8 Å². The molecule has 1 nitrogen and oxygen atoms in total. The molecule has 0 amide bonds. The number of rotatable bonds is 7. The van der Waals surface area contributed by atoms with Gasteiger partial charge < -0.3 is 4.90 Å². The molecule has 1 spiro atoms. The Balaban J connectivity index is 1.03. The van der Waals surface area contributed by atoms with E-state index in [4.69, 9.17) is 0 Å². The maximum atomic E-state index is 2.61. The summed E-state index contributed by atoms with van der Waals surface area (Å²) >= 11 is 0. The van der Waals surface area contributed by atoms with E-state index in [0.29, 0.717) is 5.92 Å². The number of fused-ring (bicyclic) bond motifs is 11. The summed E-state index contributed by atoms with van der Waals surface area (Å²) in [5.74, 6) is 1.48. The molecule has 2 bridgehead atoms. The molecule has 1 heteroatoms. The standard InChI is InChI=1S/C64H51N/c1-63(2)58-31-13-10-27-54(58)57-30-17-29-49(62(57)63)44-20-16-21-46(39-44)65(47-36-37-55-53-26-11-14-32-59(53)64(60(55)40-47)41-42-34-35-45(64)38-42)61-33-15-12-28-56(61)52-25-9-8-24-51(52)50-23-7-6-22-48(50)43-18-4-3-5-19-43/h3-33,36-37,39-40,42,45H,34-35,38,41H2,1-2H3. The lowest BCUT2D eigenvalue weighted by Crippen LogP contribution is -2.32. The van der Waals surface area contributed by atoms with Crippen LogP contribution < -0.4 is 4.90 Å². The molecule has 0 radical (unpaired) electrons. The van der Waals surface area contributed by atoms with E-state index in [0.717, 1.165) is 17.3 Å². The Morgan fingerprint density at radius 3 is 1.66 bits per heavy atom. The van der Waals surface area contributed by atoms with Crippen LogP contribution in [0.3, 0.4) is 0 Å². The van der Waals surface area contributed by atoms with Gasteiger partial charge in [-0.15, -0.1) is 0 Å². The van der Waals surface area contributed by atoms with Crippen LogP contribution in [0, 0.1) is 11.8 Å². The fourth-order valence-electron chi connectivity index (χ4n) is 13.3. The fraction of sp³-hybridized carbons (Fsp3) is 0.156. The van der Waals surface area contributed by atoms with Gasteiger partial charge in [0.05, 0.1) is 5.69 Å². The van der Waals surface area contributed by atoms with Gasteiger partial charge in [-0.3, -0.25) is 0 Å². The van der Waals surface area contributed by atoms with Crippen molar-refractivity contribution in [3.63, 3.8) is 0 Å². The lowest BCUT2D eigenvalue weighted by atomic mass is 9.67. The molecule has 312 valence electrons. The third kappa shape index (κ3) is 5.71. The third-order valence-electron chi connectivity index (χ3n) is 15.9. The van der Waals surface area contributed by atoms with Crippen molar-refractivity contribution in [1.29, 1.82) is 0 Å². The normalized spacial score (nSPS) is 19.2. The molecule has 3 atom stereocenters. The summed E-state index contributed by atoms with van der Waals surface area (Å²) in [6.07, 6.45) is 5.28. The molecule has 2 saturated carbocycles. The van der Waals surface area contributed by atoms with Gasteiger partial charge in [0.2, 0.25) is 0 Å². The predicted octanol–water partition coefficient (Wildman–Crippen LogP) is 17.2. The molecule has 13 rings (SSSR count). The van der Waals surface area contributed by atoms with Gasteiger partial charge in [-0.2, -0.15) is 0 Å². The molecule has 0 heterocycles. The maximum absolute atomic E-state index is 2.61. The topological polar surface area (TPSA) is 3.24 Å². The monoisotopic (exact) mass is 833 g/mol. The van der Waals surface area contributed by atoms with Crippen molar-refractivity contribution in [3.8, 4) is 66.8 Å². The minimum atomic E-state index is -0.130. The first-order valence-electron chi connectivity index (χ1n) is 23.7. The van der Waals surface area contributed by atoms with Crippen LogP contribution in [0.1, 0.15) is 61.8 Å². The van der Waals surface area contributed by atoms with Crippen LogP contribution in [0.5, 0.6) is 0 Å². The predicted molar refractivity (Wildman–Crippen MR) is 272 cm³/mol. The molecule has 9 aromatic carbocycles. The van der Waals surface area contributed by atoms with E-state index in [2.05, 4.69) is 231 Å². The second kappa shape index (κ2) is 14.7. The molecular formula is C64H51N. The number of anilines is 3. The van der Waals surface area contributed by atoms with Gasteiger partial charge in [0.25, 0.3) is 0 Å². The highest BCUT2D eigenvalue weighted by Gasteiger charge is 2.56. The van der Waals surface area contributed by atoms with Crippen LogP contribution in [0.4, 0.5) is 17.1 Å². The second-order valence-electron chi connectivity index (χ2n) is 19.6. The van der Waals surface area contributed by atoms with Crippen molar-refractivity contribution in [2.45, 2.75) is 50.4 Å². The number of nitrogens with zero attached hydrogens (tertiary/aromatic N) is 1. The molecule has 0 aromatic heterocycles. The number of hydrogen-bond acceptors (Lipinski definition) is 1. The highest BCUT2D eigenvalue weighted by atomic mass is 15.1. The Morgan fingerprint density at radius 1 is 0.385 bits per heavy atom. The first-order chi connectivity index (χ1) is 32.0. The van der Waals surface area contributed by atoms with Gasteiger partial charge >= 0.3 is 0 Å². The Morgan fingerprint density at radius 2 is 0.923 bits per heavy atom. The molecule has 2 fully saturated rings. The van der Waals surface area contributed by atoms with E-state index in [9.17, 15) is 0 Å². The Bertz CT molecular complexity index is 3340. The summed E-state index contributed by atoms with van der Waals surface area (Å²) in [6.45, 7) is 4.80. The van der Waals surface area contributed by atoms with Crippen LogP contribution in [-0.4, -0.2) is 0 Å². The average molecular weight is 834 g/mol. The summed E-state index contributed by atoms with van der Waals surface area (Å²) in [5, 5.41) is 0. The molecule has 0 aliphatic heterocycles. The highest BCUT2D eigenvalue weighted by molar-refractivity contribution is 5.98. The van der Waals surface area contributed by atoms with Gasteiger partial charge in [-0.25, -0.2) is 0 Å². The van der Waals surface area contributed by atoms with Crippen LogP contribution >= 0.6 is 0 Å². The van der Waals surface area contributed by atoms with Gasteiger partial charge in [0.15, 0.2) is 0 Å². The summed E-state index contributed by atoms with van der Waals surface area (Å²) in [4.78, 5) is 2.58. The van der Waals surface area contributed by atoms with Crippen molar-refractivity contribution >= 4 is 17.1 Å². The molecule has 3 unspecified atom stereocenters. The number of hydrogen-bond donors (Lipinski definition) is 0.